The monoisotopic (exact) mass is 622 g/mol. The average Bonchev–Trinajstić information content (AvgIpc) is 2.93. The maximum Gasteiger partial charge on any atom is 1.00 e. The summed E-state index contributed by atoms with van der Waals surface area (Å²) < 4.78 is 26.0. The van der Waals surface area contributed by atoms with Gasteiger partial charge in [0.2, 0.25) is 0 Å². The van der Waals surface area contributed by atoms with E-state index < -0.39 is 69.7 Å². The van der Waals surface area contributed by atoms with Crippen LogP contribution in [-0.2, 0) is 23.1 Å². The summed E-state index contributed by atoms with van der Waals surface area (Å²) >= 11 is 0. The molecule has 14 heteroatoms. The summed E-state index contributed by atoms with van der Waals surface area (Å²) in [5, 5.41) is 58.4. The van der Waals surface area contributed by atoms with Crippen LogP contribution in [0.3, 0.4) is 0 Å². The number of unbranched alkanes of at least 4 members (excludes halogenated alkanes) is 14. The average molecular weight is 623 g/mol. The van der Waals surface area contributed by atoms with Gasteiger partial charge in [-0.05, 0) is 6.42 Å². The van der Waals surface area contributed by atoms with Crippen molar-refractivity contribution in [2.24, 2.45) is 0 Å². The SMILES string of the molecule is CCCCCCCCCCCCCCCCCC(=O)OC[C@@H](O)COP(=O)([O-])OC1C(O)C(O)C(O)[C@@H](O)C1O.[Na+]. The molecular formula is C27H52NaO12P. The molecule has 6 unspecified atom stereocenters. The van der Waals surface area contributed by atoms with Crippen LogP contribution in [0.1, 0.15) is 110 Å². The minimum Gasteiger partial charge on any atom is -0.756 e. The molecule has 1 rings (SSSR count). The van der Waals surface area contributed by atoms with E-state index in [2.05, 4.69) is 16.0 Å². The van der Waals surface area contributed by atoms with E-state index >= 15 is 0 Å². The van der Waals surface area contributed by atoms with Gasteiger partial charge in [-0.15, -0.1) is 0 Å². The molecule has 8 atom stereocenters. The second kappa shape index (κ2) is 23.7. The van der Waals surface area contributed by atoms with Crippen molar-refractivity contribution in [3.63, 3.8) is 0 Å². The zero-order valence-electron chi connectivity index (χ0n) is 24.8. The molecule has 1 aliphatic carbocycles. The van der Waals surface area contributed by atoms with Crippen LogP contribution in [0.4, 0.5) is 0 Å². The van der Waals surface area contributed by atoms with E-state index in [0.717, 1.165) is 19.3 Å². The second-order valence-electron chi connectivity index (χ2n) is 10.8. The molecule has 0 saturated heterocycles. The first-order valence-electron chi connectivity index (χ1n) is 14.9. The van der Waals surface area contributed by atoms with Crippen LogP contribution in [0.15, 0.2) is 0 Å². The third-order valence-electron chi connectivity index (χ3n) is 7.17. The topological polar surface area (TPSA) is 206 Å². The normalized spacial score (nSPS) is 26.6. The third kappa shape index (κ3) is 18.0. The molecule has 0 radical (unpaired) electrons. The predicted molar refractivity (Wildman–Crippen MR) is 145 cm³/mol. The van der Waals surface area contributed by atoms with Gasteiger partial charge >= 0.3 is 35.5 Å². The molecule has 0 bridgehead atoms. The first-order chi connectivity index (χ1) is 19.0. The summed E-state index contributed by atoms with van der Waals surface area (Å²) in [4.78, 5) is 23.9. The van der Waals surface area contributed by atoms with Crippen molar-refractivity contribution in [2.45, 2.75) is 152 Å². The van der Waals surface area contributed by atoms with Crippen molar-refractivity contribution in [1.29, 1.82) is 0 Å². The number of rotatable bonds is 23. The molecular weight excluding hydrogens is 570 g/mol. The minimum atomic E-state index is -5.23. The van der Waals surface area contributed by atoms with Gasteiger partial charge in [-0.3, -0.25) is 9.36 Å². The quantitative estimate of drug-likeness (QED) is 0.0346. The van der Waals surface area contributed by atoms with E-state index in [1.807, 2.05) is 0 Å². The van der Waals surface area contributed by atoms with E-state index in [4.69, 9.17) is 4.74 Å². The molecule has 0 aromatic heterocycles. The zero-order valence-corrected chi connectivity index (χ0v) is 27.7. The van der Waals surface area contributed by atoms with Crippen molar-refractivity contribution in [2.75, 3.05) is 13.2 Å². The summed E-state index contributed by atoms with van der Waals surface area (Å²) in [6, 6.07) is 0. The fourth-order valence-corrected chi connectivity index (χ4v) is 5.59. The summed E-state index contributed by atoms with van der Waals surface area (Å²) in [5.74, 6) is -0.523. The van der Waals surface area contributed by atoms with Gasteiger partial charge in [-0.2, -0.15) is 0 Å². The molecule has 6 N–H and O–H groups in total. The molecule has 0 aromatic carbocycles. The Morgan fingerprint density at radius 3 is 1.54 bits per heavy atom. The van der Waals surface area contributed by atoms with Crippen LogP contribution >= 0.6 is 7.82 Å². The Balaban J connectivity index is 0.0000160. The van der Waals surface area contributed by atoms with E-state index in [-0.39, 0.29) is 36.0 Å². The summed E-state index contributed by atoms with van der Waals surface area (Å²) in [5.41, 5.74) is 0. The molecule has 1 fully saturated rings. The standard InChI is InChI=1S/C27H53O12P.Na/c1-2-3-4-5-6-7-8-9-10-11-12-13-14-15-16-17-21(29)37-18-20(28)19-38-40(35,36)39-27-25(33)23(31)22(30)24(32)26(27)34;/h20,22-28,30-34H,2-19H2,1H3,(H,35,36);/q;+1/p-1/t20-,22?,23-,24?,25?,26?,27?;/m1./s1. The van der Waals surface area contributed by atoms with Gasteiger partial charge < -0.3 is 49.3 Å². The van der Waals surface area contributed by atoms with Crippen molar-refractivity contribution < 1.29 is 88.2 Å². The Kier molecular flexibility index (Phi) is 23.9. The fourth-order valence-electron chi connectivity index (χ4n) is 4.63. The summed E-state index contributed by atoms with van der Waals surface area (Å²) in [6.45, 7) is 0.897. The number of carbonyl (C=O) groups excluding carboxylic acids is 1. The number of esters is 1. The number of carbonyl (C=O) groups is 1. The molecule has 238 valence electrons. The van der Waals surface area contributed by atoms with Crippen LogP contribution in [0.2, 0.25) is 0 Å². The largest absolute Gasteiger partial charge is 1.00 e. The van der Waals surface area contributed by atoms with Crippen LogP contribution in [-0.4, -0.2) is 92.5 Å². The minimum absolute atomic E-state index is 0. The van der Waals surface area contributed by atoms with E-state index in [9.17, 15) is 44.9 Å². The zero-order chi connectivity index (χ0) is 30.0. The molecule has 0 spiro atoms. The summed E-state index contributed by atoms with van der Waals surface area (Å²) in [6.07, 6.45) is 4.90. The molecule has 1 aliphatic rings. The van der Waals surface area contributed by atoms with Gasteiger partial charge in [-0.25, -0.2) is 0 Å². The maximum absolute atomic E-state index is 12.0. The van der Waals surface area contributed by atoms with Crippen LogP contribution in [0, 0.1) is 0 Å². The number of hydrogen-bond acceptors (Lipinski definition) is 12. The Hall–Kier alpha value is 0.340. The van der Waals surface area contributed by atoms with Crippen molar-refractivity contribution in [1.82, 2.24) is 0 Å². The molecule has 0 aliphatic heterocycles. The Labute approximate surface area is 266 Å². The first kappa shape index (κ1) is 41.3. The van der Waals surface area contributed by atoms with E-state index in [0.29, 0.717) is 6.42 Å². The molecule has 0 amide bonds. The van der Waals surface area contributed by atoms with Gasteiger partial charge in [0.25, 0.3) is 7.82 Å². The molecule has 12 nitrogen and oxygen atoms in total. The molecule has 0 aromatic rings. The smallest absolute Gasteiger partial charge is 0.756 e. The van der Waals surface area contributed by atoms with Gasteiger partial charge in [0.1, 0.15) is 49.3 Å². The van der Waals surface area contributed by atoms with Crippen LogP contribution in [0.5, 0.6) is 0 Å². The van der Waals surface area contributed by atoms with Crippen molar-refractivity contribution >= 4 is 13.8 Å². The molecule has 1 saturated carbocycles. The second-order valence-corrected chi connectivity index (χ2v) is 12.2. The molecule has 0 heterocycles. The number of aliphatic hydroxyl groups excluding tert-OH is 6. The number of aliphatic hydroxyl groups is 6. The van der Waals surface area contributed by atoms with Crippen LogP contribution < -0.4 is 34.5 Å². The van der Waals surface area contributed by atoms with E-state index in [1.54, 1.807) is 0 Å². The number of ether oxygens (including phenoxy) is 1. The Morgan fingerprint density at radius 2 is 1.10 bits per heavy atom. The van der Waals surface area contributed by atoms with Crippen molar-refractivity contribution in [3.05, 3.63) is 0 Å². The predicted octanol–water partition coefficient (Wildman–Crippen LogP) is -1.16. The van der Waals surface area contributed by atoms with Crippen molar-refractivity contribution in [3.8, 4) is 0 Å². The fraction of sp³-hybridized carbons (Fsp3) is 0.963. The summed E-state index contributed by atoms with van der Waals surface area (Å²) in [7, 11) is -5.23. The number of hydrogen-bond donors (Lipinski definition) is 6. The van der Waals surface area contributed by atoms with Gasteiger partial charge in [-0.1, -0.05) is 96.8 Å². The van der Waals surface area contributed by atoms with Crippen LogP contribution in [0.25, 0.3) is 0 Å². The number of phosphoric acid groups is 1. The maximum atomic E-state index is 12.0. The van der Waals surface area contributed by atoms with Gasteiger partial charge in [0.05, 0.1) is 6.61 Å². The Bertz CT molecular complexity index is 702. The third-order valence-corrected chi connectivity index (χ3v) is 8.14. The molecule has 41 heavy (non-hydrogen) atoms. The van der Waals surface area contributed by atoms with Gasteiger partial charge in [0, 0.05) is 6.42 Å². The number of phosphoric ester groups is 1. The first-order valence-corrected chi connectivity index (χ1v) is 16.3. The Morgan fingerprint density at radius 1 is 0.707 bits per heavy atom. The van der Waals surface area contributed by atoms with Gasteiger partial charge in [0.15, 0.2) is 0 Å². The van der Waals surface area contributed by atoms with E-state index in [1.165, 1.54) is 70.6 Å².